The lowest BCUT2D eigenvalue weighted by molar-refractivity contribution is -0.385. The van der Waals surface area contributed by atoms with Gasteiger partial charge in [-0.25, -0.2) is 13.1 Å². The lowest BCUT2D eigenvalue weighted by Crippen LogP contribution is -2.37. The SMILES string of the molecule is CNC(C)CNS(=O)(=O)c1cc([N+](=O)[O-])ccc1C.Cl. The third kappa shape index (κ3) is 4.71. The second kappa shape index (κ2) is 7.53. The number of hydrogen-bond acceptors (Lipinski definition) is 5. The van der Waals surface area contributed by atoms with Gasteiger partial charge in [-0.15, -0.1) is 12.4 Å². The van der Waals surface area contributed by atoms with Crippen LogP contribution < -0.4 is 10.0 Å². The van der Waals surface area contributed by atoms with Crippen molar-refractivity contribution in [1.29, 1.82) is 0 Å². The molecule has 0 radical (unpaired) electrons. The topological polar surface area (TPSA) is 101 Å². The number of nitro groups is 1. The number of hydrogen-bond donors (Lipinski definition) is 2. The Morgan fingerprint density at radius 1 is 1.40 bits per heavy atom. The Hall–Kier alpha value is -1.22. The highest BCUT2D eigenvalue weighted by Crippen LogP contribution is 2.21. The van der Waals surface area contributed by atoms with Crippen LogP contribution in [0.2, 0.25) is 0 Å². The van der Waals surface area contributed by atoms with Crippen molar-refractivity contribution in [2.75, 3.05) is 13.6 Å². The van der Waals surface area contributed by atoms with E-state index in [0.29, 0.717) is 5.56 Å². The number of non-ortho nitro benzene ring substituents is 1. The summed E-state index contributed by atoms with van der Waals surface area (Å²) < 4.78 is 26.6. The maximum Gasteiger partial charge on any atom is 0.270 e. The molecule has 0 heterocycles. The van der Waals surface area contributed by atoms with E-state index in [9.17, 15) is 18.5 Å². The largest absolute Gasteiger partial charge is 0.316 e. The Bertz CT molecular complexity index is 577. The van der Waals surface area contributed by atoms with Gasteiger partial charge < -0.3 is 5.32 Å². The summed E-state index contributed by atoms with van der Waals surface area (Å²) >= 11 is 0. The van der Waals surface area contributed by atoms with Crippen LogP contribution in [0, 0.1) is 17.0 Å². The molecule has 1 aromatic rings. The lowest BCUT2D eigenvalue weighted by atomic mass is 10.2. The van der Waals surface area contributed by atoms with E-state index in [2.05, 4.69) is 10.0 Å². The van der Waals surface area contributed by atoms with E-state index in [1.807, 2.05) is 6.92 Å². The number of nitrogens with zero attached hydrogens (tertiary/aromatic N) is 1. The molecular weight excluding hydrogens is 306 g/mol. The van der Waals surface area contributed by atoms with E-state index in [1.54, 1.807) is 14.0 Å². The molecule has 9 heteroatoms. The lowest BCUT2D eigenvalue weighted by Gasteiger charge is -2.13. The molecule has 1 atom stereocenters. The van der Waals surface area contributed by atoms with Crippen molar-refractivity contribution in [3.63, 3.8) is 0 Å². The molecule has 1 rings (SSSR count). The highest BCUT2D eigenvalue weighted by molar-refractivity contribution is 7.89. The predicted molar refractivity (Wildman–Crippen MR) is 78.8 cm³/mol. The molecule has 0 spiro atoms. The minimum absolute atomic E-state index is 0. The standard InChI is InChI=1S/C11H17N3O4S.ClH/c1-8-4-5-10(14(15)16)6-11(8)19(17,18)13-7-9(2)12-3;/h4-6,9,12-13H,7H2,1-3H3;1H. The maximum absolute atomic E-state index is 12.1. The molecule has 1 unspecified atom stereocenters. The summed E-state index contributed by atoms with van der Waals surface area (Å²) in [6, 6.07) is 3.74. The quantitative estimate of drug-likeness (QED) is 0.605. The Morgan fingerprint density at radius 3 is 2.50 bits per heavy atom. The number of halogens is 1. The summed E-state index contributed by atoms with van der Waals surface area (Å²) in [5.41, 5.74) is 0.225. The Labute approximate surface area is 124 Å². The molecule has 7 nitrogen and oxygen atoms in total. The first-order valence-electron chi connectivity index (χ1n) is 5.70. The number of sulfonamides is 1. The van der Waals surface area contributed by atoms with Gasteiger partial charge in [0.2, 0.25) is 10.0 Å². The minimum Gasteiger partial charge on any atom is -0.316 e. The Morgan fingerprint density at radius 2 is 2.00 bits per heavy atom. The van der Waals surface area contributed by atoms with Gasteiger partial charge in [0.05, 0.1) is 9.82 Å². The van der Waals surface area contributed by atoms with Crippen LogP contribution in [0.5, 0.6) is 0 Å². The molecule has 2 N–H and O–H groups in total. The zero-order valence-corrected chi connectivity index (χ0v) is 13.0. The van der Waals surface area contributed by atoms with Gasteiger partial charge in [-0.1, -0.05) is 6.07 Å². The van der Waals surface area contributed by atoms with Crippen LogP contribution in [0.4, 0.5) is 5.69 Å². The molecule has 1 aromatic carbocycles. The fourth-order valence-corrected chi connectivity index (χ4v) is 2.80. The van der Waals surface area contributed by atoms with E-state index >= 15 is 0 Å². The van der Waals surface area contributed by atoms with Gasteiger partial charge in [-0.2, -0.15) is 0 Å². The van der Waals surface area contributed by atoms with Crippen LogP contribution in [0.1, 0.15) is 12.5 Å². The zero-order valence-electron chi connectivity index (χ0n) is 11.4. The highest BCUT2D eigenvalue weighted by atomic mass is 35.5. The number of nitrogens with one attached hydrogen (secondary N) is 2. The smallest absolute Gasteiger partial charge is 0.270 e. The van der Waals surface area contributed by atoms with Gasteiger partial charge in [0, 0.05) is 24.7 Å². The van der Waals surface area contributed by atoms with Crippen molar-refractivity contribution < 1.29 is 13.3 Å². The van der Waals surface area contributed by atoms with E-state index in [4.69, 9.17) is 0 Å². The third-order valence-corrected chi connectivity index (χ3v) is 4.31. The van der Waals surface area contributed by atoms with E-state index < -0.39 is 14.9 Å². The molecule has 0 saturated carbocycles. The van der Waals surface area contributed by atoms with Gasteiger partial charge in [0.1, 0.15) is 0 Å². The predicted octanol–water partition coefficient (Wildman–Crippen LogP) is 1.21. The van der Waals surface area contributed by atoms with Crippen LogP contribution in [-0.2, 0) is 10.0 Å². The van der Waals surface area contributed by atoms with Crippen LogP contribution in [-0.4, -0.2) is 33.0 Å². The summed E-state index contributed by atoms with van der Waals surface area (Å²) in [5, 5.41) is 13.6. The average molecular weight is 324 g/mol. The second-order valence-corrected chi connectivity index (χ2v) is 5.98. The summed E-state index contributed by atoms with van der Waals surface area (Å²) in [5.74, 6) is 0. The summed E-state index contributed by atoms with van der Waals surface area (Å²) in [6.45, 7) is 3.63. The van der Waals surface area contributed by atoms with Gasteiger partial charge in [0.15, 0.2) is 0 Å². The van der Waals surface area contributed by atoms with E-state index in [0.717, 1.165) is 6.07 Å². The van der Waals surface area contributed by atoms with Crippen molar-refractivity contribution in [3.05, 3.63) is 33.9 Å². The normalized spacial score (nSPS) is 12.6. The second-order valence-electron chi connectivity index (χ2n) is 4.25. The zero-order chi connectivity index (χ0) is 14.6. The van der Waals surface area contributed by atoms with Crippen LogP contribution >= 0.6 is 12.4 Å². The molecule has 0 aliphatic carbocycles. The maximum atomic E-state index is 12.1. The fraction of sp³-hybridized carbons (Fsp3) is 0.455. The first-order valence-corrected chi connectivity index (χ1v) is 7.18. The van der Waals surface area contributed by atoms with Crippen LogP contribution in [0.15, 0.2) is 23.1 Å². The van der Waals surface area contributed by atoms with Crippen LogP contribution in [0.25, 0.3) is 0 Å². The molecular formula is C11H18ClN3O4S. The molecule has 0 fully saturated rings. The van der Waals surface area contributed by atoms with Gasteiger partial charge in [-0.3, -0.25) is 10.1 Å². The van der Waals surface area contributed by atoms with E-state index in [1.165, 1.54) is 12.1 Å². The Balaban J connectivity index is 0.00000361. The molecule has 0 aromatic heterocycles. The number of nitro benzene ring substituents is 1. The highest BCUT2D eigenvalue weighted by Gasteiger charge is 2.20. The molecule has 0 bridgehead atoms. The van der Waals surface area contributed by atoms with Crippen LogP contribution in [0.3, 0.4) is 0 Å². The molecule has 0 aliphatic rings. The first kappa shape index (κ1) is 18.8. The van der Waals surface area contributed by atoms with Crippen molar-refractivity contribution in [3.8, 4) is 0 Å². The van der Waals surface area contributed by atoms with Crippen molar-refractivity contribution >= 4 is 28.1 Å². The van der Waals surface area contributed by atoms with Gasteiger partial charge >= 0.3 is 0 Å². The monoisotopic (exact) mass is 323 g/mol. The number of benzene rings is 1. The molecule has 0 saturated heterocycles. The molecule has 0 aliphatic heterocycles. The minimum atomic E-state index is -3.75. The van der Waals surface area contributed by atoms with Crippen molar-refractivity contribution in [2.45, 2.75) is 24.8 Å². The molecule has 20 heavy (non-hydrogen) atoms. The fourth-order valence-electron chi connectivity index (χ4n) is 1.41. The van der Waals surface area contributed by atoms with Crippen molar-refractivity contribution in [2.24, 2.45) is 0 Å². The summed E-state index contributed by atoms with van der Waals surface area (Å²) in [4.78, 5) is 10.0. The number of likely N-dealkylation sites (N-methyl/N-ethyl adjacent to an activating group) is 1. The Kier molecular flexibility index (Phi) is 7.07. The summed E-state index contributed by atoms with van der Waals surface area (Å²) in [6.07, 6.45) is 0. The van der Waals surface area contributed by atoms with E-state index in [-0.39, 0.29) is 35.6 Å². The van der Waals surface area contributed by atoms with Crippen molar-refractivity contribution in [1.82, 2.24) is 10.0 Å². The van der Waals surface area contributed by atoms with Gasteiger partial charge in [-0.05, 0) is 26.5 Å². The third-order valence-electron chi connectivity index (χ3n) is 2.74. The number of aryl methyl sites for hydroxylation is 1. The number of rotatable bonds is 6. The first-order chi connectivity index (χ1) is 8.77. The molecule has 114 valence electrons. The summed E-state index contributed by atoms with van der Waals surface area (Å²) in [7, 11) is -2.03. The molecule has 0 amide bonds. The average Bonchev–Trinajstić information content (AvgIpc) is 2.36. The van der Waals surface area contributed by atoms with Gasteiger partial charge in [0.25, 0.3) is 5.69 Å².